The Morgan fingerprint density at radius 3 is 3.06 bits per heavy atom. The molecule has 0 N–H and O–H groups in total. The quantitative estimate of drug-likeness (QED) is 0.748. The zero-order valence-corrected chi connectivity index (χ0v) is 9.81. The molecular formula is C10H13ClN4O. The molecule has 0 aliphatic rings. The molecule has 0 radical (unpaired) electrons. The molecule has 0 spiro atoms. The average molecular weight is 241 g/mol. The van der Waals surface area contributed by atoms with Crippen molar-refractivity contribution in [3.8, 4) is 0 Å². The van der Waals surface area contributed by atoms with Crippen LogP contribution in [0.25, 0.3) is 5.65 Å². The molecule has 0 bridgehead atoms. The van der Waals surface area contributed by atoms with Crippen LogP contribution in [0.15, 0.2) is 12.4 Å². The summed E-state index contributed by atoms with van der Waals surface area (Å²) in [5.74, 6) is 0.843. The number of hydrogen-bond donors (Lipinski definition) is 0. The van der Waals surface area contributed by atoms with Gasteiger partial charge in [0.25, 0.3) is 0 Å². The van der Waals surface area contributed by atoms with Crippen LogP contribution < -0.4 is 0 Å². The van der Waals surface area contributed by atoms with Crippen molar-refractivity contribution in [1.82, 2.24) is 19.6 Å². The molecule has 0 aliphatic carbocycles. The van der Waals surface area contributed by atoms with Crippen LogP contribution in [0.2, 0.25) is 5.15 Å². The van der Waals surface area contributed by atoms with E-state index in [-0.39, 0.29) is 0 Å². The van der Waals surface area contributed by atoms with Crippen molar-refractivity contribution in [2.24, 2.45) is 0 Å². The van der Waals surface area contributed by atoms with Crippen molar-refractivity contribution in [2.45, 2.75) is 19.8 Å². The van der Waals surface area contributed by atoms with E-state index in [1.165, 1.54) is 0 Å². The molecule has 86 valence electrons. The number of fused-ring (bicyclic) bond motifs is 1. The van der Waals surface area contributed by atoms with Gasteiger partial charge in [0.15, 0.2) is 10.8 Å². The molecule has 6 heteroatoms. The summed E-state index contributed by atoms with van der Waals surface area (Å²) < 4.78 is 7.24. The van der Waals surface area contributed by atoms with E-state index < -0.39 is 0 Å². The molecule has 2 aromatic rings. The van der Waals surface area contributed by atoms with E-state index in [0.717, 1.165) is 25.3 Å². The van der Waals surface area contributed by atoms with Crippen LogP contribution in [0.5, 0.6) is 0 Å². The molecule has 2 heterocycles. The van der Waals surface area contributed by atoms with E-state index in [1.54, 1.807) is 12.4 Å². The Bertz CT molecular complexity index is 471. The lowest BCUT2D eigenvalue weighted by atomic mass is 10.4. The fourth-order valence-corrected chi connectivity index (χ4v) is 1.61. The second-order valence-electron chi connectivity index (χ2n) is 3.39. The van der Waals surface area contributed by atoms with Gasteiger partial charge in [-0.15, -0.1) is 10.2 Å². The first-order valence-electron chi connectivity index (χ1n) is 5.24. The van der Waals surface area contributed by atoms with E-state index in [2.05, 4.69) is 22.1 Å². The van der Waals surface area contributed by atoms with Crippen molar-refractivity contribution in [3.63, 3.8) is 0 Å². The van der Waals surface area contributed by atoms with Crippen LogP contribution in [0.3, 0.4) is 0 Å². The number of nitrogens with zero attached hydrogens (tertiary/aromatic N) is 4. The minimum Gasteiger partial charge on any atom is -0.381 e. The molecule has 0 atom stereocenters. The summed E-state index contributed by atoms with van der Waals surface area (Å²) in [6.45, 7) is 3.51. The van der Waals surface area contributed by atoms with Crippen molar-refractivity contribution in [1.29, 1.82) is 0 Å². The highest BCUT2D eigenvalue weighted by Gasteiger charge is 2.08. The molecule has 16 heavy (non-hydrogen) atoms. The maximum atomic E-state index is 5.89. The van der Waals surface area contributed by atoms with E-state index in [4.69, 9.17) is 16.3 Å². The van der Waals surface area contributed by atoms with Crippen molar-refractivity contribution in [2.75, 3.05) is 13.2 Å². The van der Waals surface area contributed by atoms with E-state index in [9.17, 15) is 0 Å². The molecule has 5 nitrogen and oxygen atoms in total. The van der Waals surface area contributed by atoms with Gasteiger partial charge in [-0.1, -0.05) is 18.5 Å². The third kappa shape index (κ3) is 2.31. The van der Waals surface area contributed by atoms with Crippen molar-refractivity contribution >= 4 is 17.2 Å². The van der Waals surface area contributed by atoms with E-state index in [1.807, 2.05) is 4.40 Å². The number of aromatic nitrogens is 4. The number of rotatable bonds is 5. The summed E-state index contributed by atoms with van der Waals surface area (Å²) >= 11 is 5.89. The predicted octanol–water partition coefficient (Wildman–Crippen LogP) is 1.75. The summed E-state index contributed by atoms with van der Waals surface area (Å²) in [5, 5.41) is 8.41. The van der Waals surface area contributed by atoms with Gasteiger partial charge in [-0.25, -0.2) is 4.98 Å². The molecule has 0 amide bonds. The first-order valence-corrected chi connectivity index (χ1v) is 5.62. The standard InChI is InChI=1S/C10H13ClN4O/c1-2-6-16-7-3-8-13-14-10-9(11)12-4-5-15(8)10/h4-5H,2-3,6-7H2,1H3. The van der Waals surface area contributed by atoms with Crippen molar-refractivity contribution < 1.29 is 4.74 Å². The number of hydrogen-bond acceptors (Lipinski definition) is 4. The zero-order chi connectivity index (χ0) is 11.4. The largest absolute Gasteiger partial charge is 0.381 e. The second-order valence-corrected chi connectivity index (χ2v) is 3.75. The third-order valence-electron chi connectivity index (χ3n) is 2.17. The van der Waals surface area contributed by atoms with Gasteiger partial charge >= 0.3 is 0 Å². The summed E-state index contributed by atoms with van der Waals surface area (Å²) in [4.78, 5) is 3.94. The lowest BCUT2D eigenvalue weighted by Crippen LogP contribution is -2.03. The number of ether oxygens (including phenoxy) is 1. The molecule has 0 saturated heterocycles. The smallest absolute Gasteiger partial charge is 0.198 e. The van der Waals surface area contributed by atoms with E-state index >= 15 is 0 Å². The molecular weight excluding hydrogens is 228 g/mol. The Morgan fingerprint density at radius 2 is 2.25 bits per heavy atom. The Kier molecular flexibility index (Phi) is 3.69. The van der Waals surface area contributed by atoms with Crippen molar-refractivity contribution in [3.05, 3.63) is 23.4 Å². The first kappa shape index (κ1) is 11.3. The minimum atomic E-state index is 0.371. The van der Waals surface area contributed by atoms with Crippen LogP contribution >= 0.6 is 11.6 Å². The van der Waals surface area contributed by atoms with Crippen LogP contribution in [-0.2, 0) is 11.2 Å². The molecule has 0 fully saturated rings. The van der Waals surface area contributed by atoms with Gasteiger partial charge in [0.1, 0.15) is 5.82 Å². The van der Waals surface area contributed by atoms with Gasteiger partial charge in [-0.2, -0.15) is 0 Å². The third-order valence-corrected chi connectivity index (χ3v) is 2.44. The minimum absolute atomic E-state index is 0.371. The van der Waals surface area contributed by atoms with Gasteiger partial charge < -0.3 is 4.74 Å². The Labute approximate surface area is 98.4 Å². The second kappa shape index (κ2) is 5.23. The summed E-state index contributed by atoms with van der Waals surface area (Å²) in [6, 6.07) is 0. The monoisotopic (exact) mass is 240 g/mol. The van der Waals surface area contributed by atoms with Gasteiger partial charge in [-0.3, -0.25) is 4.40 Å². The zero-order valence-electron chi connectivity index (χ0n) is 9.06. The van der Waals surface area contributed by atoms with E-state index in [0.29, 0.717) is 17.4 Å². The van der Waals surface area contributed by atoms with Gasteiger partial charge in [0.2, 0.25) is 0 Å². The lowest BCUT2D eigenvalue weighted by Gasteiger charge is -2.01. The normalized spacial score (nSPS) is 11.1. The maximum Gasteiger partial charge on any atom is 0.198 e. The van der Waals surface area contributed by atoms with Crippen LogP contribution in [0.1, 0.15) is 19.2 Å². The van der Waals surface area contributed by atoms with Crippen LogP contribution in [0.4, 0.5) is 0 Å². The Balaban J connectivity index is 2.10. The highest BCUT2D eigenvalue weighted by Crippen LogP contribution is 2.12. The number of halogens is 1. The van der Waals surface area contributed by atoms with Crippen LogP contribution in [-0.4, -0.2) is 32.8 Å². The molecule has 2 rings (SSSR count). The summed E-state index contributed by atoms with van der Waals surface area (Å²) in [7, 11) is 0. The first-order chi connectivity index (χ1) is 7.83. The summed E-state index contributed by atoms with van der Waals surface area (Å²) in [6.07, 6.45) is 5.18. The topological polar surface area (TPSA) is 52.3 Å². The average Bonchev–Trinajstić information content (AvgIpc) is 2.70. The van der Waals surface area contributed by atoms with Crippen LogP contribution in [0, 0.1) is 0 Å². The highest BCUT2D eigenvalue weighted by atomic mass is 35.5. The van der Waals surface area contributed by atoms with Gasteiger partial charge in [0.05, 0.1) is 6.61 Å². The molecule has 2 aromatic heterocycles. The van der Waals surface area contributed by atoms with Gasteiger partial charge in [0, 0.05) is 25.4 Å². The highest BCUT2D eigenvalue weighted by molar-refractivity contribution is 6.32. The fraction of sp³-hybridized carbons (Fsp3) is 0.500. The molecule has 0 unspecified atom stereocenters. The maximum absolute atomic E-state index is 5.89. The van der Waals surface area contributed by atoms with Gasteiger partial charge in [-0.05, 0) is 6.42 Å². The molecule has 0 saturated carbocycles. The SMILES string of the molecule is CCCOCCc1nnc2c(Cl)nccn12. The molecule has 0 aliphatic heterocycles. The Hall–Kier alpha value is -1.20. The Morgan fingerprint density at radius 1 is 1.38 bits per heavy atom. The molecule has 0 aromatic carbocycles. The lowest BCUT2D eigenvalue weighted by molar-refractivity contribution is 0.136. The predicted molar refractivity (Wildman–Crippen MR) is 60.6 cm³/mol. The fourth-order valence-electron chi connectivity index (χ4n) is 1.42. The summed E-state index contributed by atoms with van der Waals surface area (Å²) in [5.41, 5.74) is 0.592.